The first-order valence-electron chi connectivity index (χ1n) is 7.61. The van der Waals surface area contributed by atoms with Gasteiger partial charge in [-0.3, -0.25) is 0 Å². The lowest BCUT2D eigenvalue weighted by Gasteiger charge is -2.36. The van der Waals surface area contributed by atoms with Crippen molar-refractivity contribution < 1.29 is 5.11 Å². The molecule has 1 aliphatic rings. The molecule has 2 N–H and O–H groups in total. The van der Waals surface area contributed by atoms with Gasteiger partial charge in [-0.25, -0.2) is 9.97 Å². The van der Waals surface area contributed by atoms with Gasteiger partial charge in [0.05, 0.1) is 12.1 Å². The van der Waals surface area contributed by atoms with Crippen molar-refractivity contribution in [2.24, 2.45) is 0 Å². The highest BCUT2D eigenvalue weighted by atomic mass is 16.3. The Labute approximate surface area is 121 Å². The van der Waals surface area contributed by atoms with Crippen molar-refractivity contribution in [2.45, 2.75) is 57.6 Å². The largest absolute Gasteiger partial charge is 0.391 e. The lowest BCUT2D eigenvalue weighted by Crippen LogP contribution is -2.44. The Bertz CT molecular complexity index is 438. The average molecular weight is 278 g/mol. The molecular weight excluding hydrogens is 252 g/mol. The first-order chi connectivity index (χ1) is 9.69. The maximum atomic E-state index is 10.2. The van der Waals surface area contributed by atoms with Crippen molar-refractivity contribution in [1.29, 1.82) is 0 Å². The van der Waals surface area contributed by atoms with Gasteiger partial charge in [0.15, 0.2) is 0 Å². The van der Waals surface area contributed by atoms with Gasteiger partial charge < -0.3 is 15.3 Å². The molecule has 5 heteroatoms. The summed E-state index contributed by atoms with van der Waals surface area (Å²) in [6, 6.07) is 0.166. The van der Waals surface area contributed by atoms with Crippen LogP contribution in [0.25, 0.3) is 0 Å². The number of aliphatic hydroxyl groups excluding tert-OH is 1. The van der Waals surface area contributed by atoms with E-state index in [0.29, 0.717) is 0 Å². The summed E-state index contributed by atoms with van der Waals surface area (Å²) in [5.74, 6) is 1.85. The van der Waals surface area contributed by atoms with Gasteiger partial charge in [0.25, 0.3) is 0 Å². The van der Waals surface area contributed by atoms with Gasteiger partial charge in [-0.05, 0) is 19.3 Å². The summed E-state index contributed by atoms with van der Waals surface area (Å²) in [4.78, 5) is 10.9. The van der Waals surface area contributed by atoms with Gasteiger partial charge in [0.1, 0.15) is 18.0 Å². The van der Waals surface area contributed by atoms with E-state index in [1.54, 1.807) is 6.33 Å². The van der Waals surface area contributed by atoms with Crippen molar-refractivity contribution in [2.75, 3.05) is 24.3 Å². The van der Waals surface area contributed by atoms with E-state index in [1.165, 1.54) is 6.42 Å². The topological polar surface area (TPSA) is 61.3 Å². The maximum Gasteiger partial charge on any atom is 0.137 e. The van der Waals surface area contributed by atoms with Gasteiger partial charge in [0, 0.05) is 19.7 Å². The van der Waals surface area contributed by atoms with Crippen molar-refractivity contribution >= 4 is 11.6 Å². The third kappa shape index (κ3) is 3.03. The highest BCUT2D eigenvalue weighted by Crippen LogP contribution is 2.30. The zero-order chi connectivity index (χ0) is 14.5. The van der Waals surface area contributed by atoms with E-state index >= 15 is 0 Å². The zero-order valence-corrected chi connectivity index (χ0v) is 12.8. The summed E-state index contributed by atoms with van der Waals surface area (Å²) in [5, 5.41) is 13.4. The van der Waals surface area contributed by atoms with E-state index in [4.69, 9.17) is 0 Å². The molecule has 1 fully saturated rings. The molecule has 2 unspecified atom stereocenters. The van der Waals surface area contributed by atoms with Crippen LogP contribution < -0.4 is 10.2 Å². The molecule has 1 aromatic rings. The highest BCUT2D eigenvalue weighted by Gasteiger charge is 2.29. The lowest BCUT2D eigenvalue weighted by atomic mass is 9.91. The van der Waals surface area contributed by atoms with Crippen molar-refractivity contribution in [1.82, 2.24) is 9.97 Å². The van der Waals surface area contributed by atoms with Crippen LogP contribution in [-0.4, -0.2) is 41.3 Å². The molecular formula is C15H26N4O. The fourth-order valence-corrected chi connectivity index (χ4v) is 3.10. The molecule has 0 aromatic carbocycles. The Kier molecular flexibility index (Phi) is 5.17. The van der Waals surface area contributed by atoms with E-state index in [2.05, 4.69) is 27.1 Å². The number of hydrogen-bond acceptors (Lipinski definition) is 5. The van der Waals surface area contributed by atoms with Crippen LogP contribution in [0.2, 0.25) is 0 Å². The summed E-state index contributed by atoms with van der Waals surface area (Å²) in [7, 11) is 3.93. The third-order valence-corrected chi connectivity index (χ3v) is 4.18. The Morgan fingerprint density at radius 3 is 2.75 bits per heavy atom. The fourth-order valence-electron chi connectivity index (χ4n) is 3.10. The van der Waals surface area contributed by atoms with Crippen molar-refractivity contribution in [3.8, 4) is 0 Å². The Morgan fingerprint density at radius 2 is 2.10 bits per heavy atom. The van der Waals surface area contributed by atoms with E-state index in [1.807, 2.05) is 14.1 Å². The normalized spacial score (nSPS) is 22.6. The summed E-state index contributed by atoms with van der Waals surface area (Å²) >= 11 is 0. The van der Waals surface area contributed by atoms with Gasteiger partial charge in [-0.15, -0.1) is 0 Å². The molecule has 20 heavy (non-hydrogen) atoms. The SMILES string of the molecule is CCCc1c(NC)ncnc1N(C)C1CCCCC1O. The number of rotatable bonds is 5. The van der Waals surface area contributed by atoms with E-state index in [9.17, 15) is 5.11 Å². The first kappa shape index (κ1) is 15.0. The summed E-state index contributed by atoms with van der Waals surface area (Å²) in [5.41, 5.74) is 1.15. The molecule has 1 heterocycles. The Morgan fingerprint density at radius 1 is 1.35 bits per heavy atom. The molecule has 0 amide bonds. The average Bonchev–Trinajstić information content (AvgIpc) is 2.47. The number of aliphatic hydroxyl groups is 1. The molecule has 2 rings (SSSR count). The summed E-state index contributed by atoms with van der Waals surface area (Å²) in [6.07, 6.45) is 7.57. The van der Waals surface area contributed by atoms with Crippen LogP contribution in [0.1, 0.15) is 44.6 Å². The van der Waals surface area contributed by atoms with Gasteiger partial charge in [-0.2, -0.15) is 0 Å². The quantitative estimate of drug-likeness (QED) is 0.864. The molecule has 0 bridgehead atoms. The standard InChI is InChI=1S/C15H26N4O/c1-4-7-11-14(16-2)17-10-18-15(11)19(3)12-8-5-6-9-13(12)20/h10,12-13,20H,4-9H2,1-3H3,(H,16,17,18). The maximum absolute atomic E-state index is 10.2. The molecule has 1 aliphatic carbocycles. The smallest absolute Gasteiger partial charge is 0.137 e. The number of anilines is 2. The predicted octanol–water partition coefficient (Wildman–Crippen LogP) is 2.21. The molecule has 0 saturated heterocycles. The molecule has 2 atom stereocenters. The molecule has 0 aliphatic heterocycles. The Balaban J connectivity index is 2.30. The lowest BCUT2D eigenvalue weighted by molar-refractivity contribution is 0.106. The second kappa shape index (κ2) is 6.88. The van der Waals surface area contributed by atoms with Gasteiger partial charge in [-0.1, -0.05) is 26.2 Å². The minimum Gasteiger partial charge on any atom is -0.391 e. The number of nitrogens with one attached hydrogen (secondary N) is 1. The van der Waals surface area contributed by atoms with Gasteiger partial charge in [0.2, 0.25) is 0 Å². The number of aromatic nitrogens is 2. The molecule has 0 radical (unpaired) electrons. The fraction of sp³-hybridized carbons (Fsp3) is 0.733. The van der Waals surface area contributed by atoms with Crippen LogP contribution in [0, 0.1) is 0 Å². The molecule has 112 valence electrons. The van der Waals surface area contributed by atoms with Crippen molar-refractivity contribution in [3.05, 3.63) is 11.9 Å². The van der Waals surface area contributed by atoms with Crippen LogP contribution >= 0.6 is 0 Å². The number of likely N-dealkylation sites (N-methyl/N-ethyl adjacent to an activating group) is 1. The van der Waals surface area contributed by atoms with Crippen LogP contribution in [-0.2, 0) is 6.42 Å². The monoisotopic (exact) mass is 278 g/mol. The highest BCUT2D eigenvalue weighted by molar-refractivity contribution is 5.59. The van der Waals surface area contributed by atoms with E-state index in [0.717, 1.165) is 49.3 Å². The number of nitrogens with zero attached hydrogens (tertiary/aromatic N) is 3. The minimum absolute atomic E-state index is 0.166. The molecule has 0 spiro atoms. The zero-order valence-electron chi connectivity index (χ0n) is 12.8. The second-order valence-corrected chi connectivity index (χ2v) is 5.55. The molecule has 5 nitrogen and oxygen atoms in total. The number of hydrogen-bond donors (Lipinski definition) is 2. The molecule has 1 saturated carbocycles. The van der Waals surface area contributed by atoms with Crippen LogP contribution in [0.15, 0.2) is 6.33 Å². The van der Waals surface area contributed by atoms with Crippen LogP contribution in [0.3, 0.4) is 0 Å². The molecule has 1 aromatic heterocycles. The van der Waals surface area contributed by atoms with E-state index < -0.39 is 0 Å². The minimum atomic E-state index is -0.253. The summed E-state index contributed by atoms with van der Waals surface area (Å²) < 4.78 is 0. The van der Waals surface area contributed by atoms with Gasteiger partial charge >= 0.3 is 0 Å². The second-order valence-electron chi connectivity index (χ2n) is 5.55. The predicted molar refractivity (Wildman–Crippen MR) is 82.2 cm³/mol. The summed E-state index contributed by atoms with van der Waals surface area (Å²) in [6.45, 7) is 2.16. The van der Waals surface area contributed by atoms with Crippen LogP contribution in [0.5, 0.6) is 0 Å². The van der Waals surface area contributed by atoms with E-state index in [-0.39, 0.29) is 12.1 Å². The van der Waals surface area contributed by atoms with Crippen LogP contribution in [0.4, 0.5) is 11.6 Å². The first-order valence-corrected chi connectivity index (χ1v) is 7.61. The Hall–Kier alpha value is -1.36. The third-order valence-electron chi connectivity index (χ3n) is 4.18. The van der Waals surface area contributed by atoms with Crippen molar-refractivity contribution in [3.63, 3.8) is 0 Å².